The van der Waals surface area contributed by atoms with Gasteiger partial charge in [0.2, 0.25) is 0 Å². The van der Waals surface area contributed by atoms with Gasteiger partial charge in [-0.1, -0.05) is 134 Å². The molecule has 5 heteroatoms. The third-order valence-corrected chi connectivity index (χ3v) is 7.59. The first-order valence-electron chi connectivity index (χ1n) is 10.9. The molecule has 0 N–H and O–H groups in total. The Morgan fingerprint density at radius 1 is 0.778 bits per heavy atom. The Hall–Kier alpha value is 0.387. The van der Waals surface area contributed by atoms with Gasteiger partial charge in [0.25, 0.3) is 0 Å². The predicted octanol–water partition coefficient (Wildman–Crippen LogP) is 8.15. The summed E-state index contributed by atoms with van der Waals surface area (Å²) in [6, 6.07) is 1.36. The lowest BCUT2D eigenvalue weighted by Gasteiger charge is -2.05. The van der Waals surface area contributed by atoms with Crippen molar-refractivity contribution in [1.29, 1.82) is 0 Å². The lowest BCUT2D eigenvalue weighted by molar-refractivity contribution is -0.139. The van der Waals surface area contributed by atoms with Gasteiger partial charge in [0, 0.05) is 5.57 Å². The summed E-state index contributed by atoms with van der Waals surface area (Å²) in [5, 5.41) is 0. The Bertz CT molecular complexity index is 362. The van der Waals surface area contributed by atoms with Crippen LogP contribution >= 0.6 is 31.9 Å². The quantitative estimate of drug-likeness (QED) is 0.0528. The minimum atomic E-state index is -0.256. The number of alkyl halides is 2. The molecule has 0 spiro atoms. The van der Waals surface area contributed by atoms with Crippen LogP contribution in [0.15, 0.2) is 12.2 Å². The molecular weight excluding hydrogens is 484 g/mol. The van der Waals surface area contributed by atoms with Gasteiger partial charge < -0.3 is 4.74 Å². The fraction of sp³-hybridized carbons (Fsp3) is 0.864. The van der Waals surface area contributed by atoms with Gasteiger partial charge in [-0.15, -0.1) is 0 Å². The Labute approximate surface area is 187 Å². The molecule has 0 heterocycles. The molecule has 158 valence electrons. The van der Waals surface area contributed by atoms with Crippen LogP contribution in [-0.2, 0) is 9.53 Å². The highest BCUT2D eigenvalue weighted by molar-refractivity contribution is 9.25. The monoisotopic (exact) mass is 522 g/mol. The second-order valence-corrected chi connectivity index (χ2v) is 13.7. The van der Waals surface area contributed by atoms with E-state index in [0.717, 1.165) is 22.4 Å². The van der Waals surface area contributed by atoms with Crippen LogP contribution in [0.5, 0.6) is 0 Å². The zero-order valence-electron chi connectivity index (χ0n) is 17.4. The molecule has 0 aliphatic carbocycles. The number of halogens is 2. The molecule has 2 radical (unpaired) electrons. The van der Waals surface area contributed by atoms with Gasteiger partial charge in [-0.2, -0.15) is 0 Å². The summed E-state index contributed by atoms with van der Waals surface area (Å²) in [5.41, 5.74) is 0.490. The number of carbonyl (C=O) groups excluding carboxylic acids is 1. The van der Waals surface area contributed by atoms with Crippen molar-refractivity contribution in [2.24, 2.45) is 0 Å². The van der Waals surface area contributed by atoms with Crippen LogP contribution in [0.1, 0.15) is 103 Å². The third kappa shape index (κ3) is 22.5. The topological polar surface area (TPSA) is 26.3 Å². The van der Waals surface area contributed by atoms with E-state index >= 15 is 0 Å². The van der Waals surface area contributed by atoms with Crippen molar-refractivity contribution in [3.63, 3.8) is 0 Å². The summed E-state index contributed by atoms with van der Waals surface area (Å²) in [6.45, 7) is 5.81. The first kappa shape index (κ1) is 27.4. The average molecular weight is 524 g/mol. The van der Waals surface area contributed by atoms with Crippen molar-refractivity contribution in [3.05, 3.63) is 12.2 Å². The van der Waals surface area contributed by atoms with Crippen LogP contribution in [-0.4, -0.2) is 25.5 Å². The van der Waals surface area contributed by atoms with E-state index in [1.54, 1.807) is 6.92 Å². The molecule has 0 fully saturated rings. The molecule has 0 unspecified atom stereocenters. The summed E-state index contributed by atoms with van der Waals surface area (Å²) in [6.07, 6.45) is 20.2. The molecule has 0 saturated carbocycles. The highest BCUT2D eigenvalue weighted by Crippen LogP contribution is 2.15. The normalized spacial score (nSPS) is 11.1. The first-order chi connectivity index (χ1) is 13.0. The highest BCUT2D eigenvalue weighted by atomic mass is 79.9. The van der Waals surface area contributed by atoms with Crippen molar-refractivity contribution in [1.82, 2.24) is 0 Å². The Morgan fingerprint density at radius 2 is 1.15 bits per heavy atom. The largest absolute Gasteiger partial charge is 0.462 e. The lowest BCUT2D eigenvalue weighted by Crippen LogP contribution is -2.05. The van der Waals surface area contributed by atoms with Crippen molar-refractivity contribution in [2.75, 3.05) is 6.61 Å². The lowest BCUT2D eigenvalue weighted by atomic mass is 10.0. The van der Waals surface area contributed by atoms with Crippen LogP contribution in [0.2, 0.25) is 6.04 Å². The summed E-state index contributed by atoms with van der Waals surface area (Å²) < 4.78 is 5.63. The van der Waals surface area contributed by atoms with E-state index in [-0.39, 0.29) is 5.97 Å². The van der Waals surface area contributed by atoms with E-state index in [4.69, 9.17) is 4.74 Å². The number of carbonyl (C=O) groups is 1. The molecule has 0 rings (SSSR count). The fourth-order valence-electron chi connectivity index (χ4n) is 3.02. The number of ether oxygens (including phenoxy) is 1. The van der Waals surface area contributed by atoms with Gasteiger partial charge in [-0.05, 0) is 13.3 Å². The number of hydrogen-bond acceptors (Lipinski definition) is 2. The smallest absolute Gasteiger partial charge is 0.333 e. The summed E-state index contributed by atoms with van der Waals surface area (Å²) >= 11 is 7.09. The third-order valence-electron chi connectivity index (χ3n) is 4.70. The molecule has 0 saturated heterocycles. The second kappa shape index (κ2) is 21.1. The molecule has 0 aliphatic heterocycles. The van der Waals surface area contributed by atoms with Crippen molar-refractivity contribution < 1.29 is 9.53 Å². The number of hydrogen-bond donors (Lipinski definition) is 0. The van der Waals surface area contributed by atoms with E-state index in [1.807, 2.05) is 0 Å². The molecule has 0 aromatic rings. The van der Waals surface area contributed by atoms with E-state index < -0.39 is 0 Å². The van der Waals surface area contributed by atoms with E-state index in [0.29, 0.717) is 15.5 Å². The molecule has 0 bridgehead atoms. The summed E-state index contributed by atoms with van der Waals surface area (Å²) in [5.74, 6) is -0.256. The average Bonchev–Trinajstić information content (AvgIpc) is 2.63. The fourth-order valence-corrected chi connectivity index (χ4v) is 5.07. The van der Waals surface area contributed by atoms with Gasteiger partial charge in [-0.3, -0.25) is 0 Å². The van der Waals surface area contributed by atoms with Gasteiger partial charge >= 0.3 is 5.97 Å². The van der Waals surface area contributed by atoms with Crippen LogP contribution < -0.4 is 0 Å². The van der Waals surface area contributed by atoms with Crippen LogP contribution in [0.3, 0.4) is 0 Å². The van der Waals surface area contributed by atoms with Crippen molar-refractivity contribution in [2.45, 2.75) is 113 Å². The standard InChI is InChI=1S/C22H40Br2O2Si/c1-20(2)21(25)26-18-16-14-12-10-8-6-4-3-5-7-9-11-13-15-17-19-27-22(23)24/h22H,1,3-19H2,2H3. The van der Waals surface area contributed by atoms with Crippen LogP contribution in [0, 0.1) is 0 Å². The van der Waals surface area contributed by atoms with Gasteiger partial charge in [-0.25, -0.2) is 4.79 Å². The first-order valence-corrected chi connectivity index (χ1v) is 14.0. The van der Waals surface area contributed by atoms with E-state index in [1.165, 1.54) is 89.5 Å². The van der Waals surface area contributed by atoms with E-state index in [9.17, 15) is 4.79 Å². The molecule has 2 nitrogen and oxygen atoms in total. The van der Waals surface area contributed by atoms with Crippen LogP contribution in [0.4, 0.5) is 0 Å². The number of rotatable bonds is 20. The highest BCUT2D eigenvalue weighted by Gasteiger charge is 2.02. The molecular formula is C22H40Br2O2Si. The minimum absolute atomic E-state index is 0.256. The second-order valence-electron chi connectivity index (χ2n) is 7.47. The molecule has 0 aromatic heterocycles. The Kier molecular flexibility index (Phi) is 21.4. The predicted molar refractivity (Wildman–Crippen MR) is 127 cm³/mol. The van der Waals surface area contributed by atoms with Gasteiger partial charge in [0.05, 0.1) is 19.5 Å². The molecule has 27 heavy (non-hydrogen) atoms. The Balaban J connectivity index is 3.07. The number of unbranched alkanes of at least 4 members (excludes halogenated alkanes) is 14. The van der Waals surface area contributed by atoms with Crippen LogP contribution in [0.25, 0.3) is 0 Å². The van der Waals surface area contributed by atoms with Crippen molar-refractivity contribution in [3.8, 4) is 0 Å². The molecule has 0 amide bonds. The maximum absolute atomic E-state index is 11.2. The Morgan fingerprint density at radius 3 is 1.52 bits per heavy atom. The van der Waals surface area contributed by atoms with Gasteiger partial charge in [0.1, 0.15) is 0 Å². The maximum atomic E-state index is 11.2. The van der Waals surface area contributed by atoms with Gasteiger partial charge in [0.15, 0.2) is 0 Å². The number of esters is 1. The minimum Gasteiger partial charge on any atom is -0.462 e. The summed E-state index contributed by atoms with van der Waals surface area (Å²) in [4.78, 5) is 11.2. The zero-order valence-corrected chi connectivity index (χ0v) is 21.5. The maximum Gasteiger partial charge on any atom is 0.333 e. The SMILES string of the molecule is C=C(C)C(=O)OCCCCCCCCCCCCCCCCC[Si]C(Br)Br. The van der Waals surface area contributed by atoms with Crippen molar-refractivity contribution >= 4 is 47.3 Å². The molecule has 0 atom stereocenters. The van der Waals surface area contributed by atoms with E-state index in [2.05, 4.69) is 38.4 Å². The molecule has 0 aliphatic rings. The summed E-state index contributed by atoms with van der Waals surface area (Å²) in [7, 11) is 1.01. The molecule has 0 aromatic carbocycles. The zero-order chi connectivity index (χ0) is 20.2.